The van der Waals surface area contributed by atoms with Gasteiger partial charge in [-0.05, 0) is 98.1 Å². The number of phenolic OH excluding ortho intramolecular Hbond substituents is 1. The summed E-state index contributed by atoms with van der Waals surface area (Å²) in [6.07, 6.45) is -11.9. The number of anilines is 3. The number of amides is 7. The van der Waals surface area contributed by atoms with Crippen molar-refractivity contribution in [2.45, 2.75) is 132 Å². The number of hydrogen-bond donors (Lipinski definition) is 13. The van der Waals surface area contributed by atoms with Gasteiger partial charge in [-0.25, -0.2) is 11.8 Å². The van der Waals surface area contributed by atoms with Gasteiger partial charge in [-0.2, -0.15) is 0 Å². The Morgan fingerprint density at radius 2 is 1.25 bits per heavy atom. The smallest absolute Gasteiger partial charge is 0.261 e. The molecule has 4 aromatic rings. The van der Waals surface area contributed by atoms with Crippen LogP contribution in [0.3, 0.4) is 0 Å². The molecule has 5 fully saturated rings. The van der Waals surface area contributed by atoms with Crippen LogP contribution in [0.4, 0.5) is 17.1 Å². The van der Waals surface area contributed by atoms with Crippen molar-refractivity contribution in [2.75, 3.05) is 80.1 Å². The van der Waals surface area contributed by atoms with E-state index in [1.807, 2.05) is 24.3 Å². The predicted octanol–water partition coefficient (Wildman–Crippen LogP) is -0.770. The van der Waals surface area contributed by atoms with E-state index in [0.29, 0.717) is 0 Å². The first-order chi connectivity index (χ1) is 45.4. The summed E-state index contributed by atoms with van der Waals surface area (Å²) in [7, 11) is 0. The van der Waals surface area contributed by atoms with E-state index in [4.69, 9.17) is 20.7 Å². The summed E-state index contributed by atoms with van der Waals surface area (Å²) < 4.78 is 15.2. The van der Waals surface area contributed by atoms with Crippen LogP contribution in [0.15, 0.2) is 91.0 Å². The van der Waals surface area contributed by atoms with Gasteiger partial charge >= 0.3 is 0 Å². The molecule has 0 aliphatic carbocycles. The van der Waals surface area contributed by atoms with Crippen LogP contribution in [-0.4, -0.2) is 243 Å². The maximum absolute atomic E-state index is 14.7. The molecule has 0 saturated carbocycles. The number of rotatable bonds is 16. The molecule has 4 aromatic carbocycles. The number of morpholine rings is 1. The van der Waals surface area contributed by atoms with Crippen molar-refractivity contribution < 1.29 is 92.9 Å². The lowest BCUT2D eigenvalue weighted by Crippen LogP contribution is -2.64. The second-order valence-electron chi connectivity index (χ2n) is 24.7. The number of hydrogen-bond acceptors (Lipinski definition) is 23. The summed E-state index contributed by atoms with van der Waals surface area (Å²) in [5, 5.41) is 103. The number of ether oxygens (including phenoxy) is 1. The standard InChI is InChI=1S/C64H81N11O19S/c1-34-30-75-56(57(34)82)62(87)66-28-45(77)26-47(67-58(83)41-9-7-39(8-10-41)40-11-13-42(14-12-40)71-20-22-72(23-21-71)43-15-17-44(18-16-43)73-31-35(2)91-36(3)32-73)59(84)68-53(37(4)76)63(88)74-33-46(78)27-48(74)60(85)69-54(61(86)70-55(64(75)89)51(81)29-65-5)50(80)24-38-6-19-49(79)52(25-38)92-95-94-93-90/h6-19,25,34-37,45-48,50-51,53-57,76-82,90H,20-24,26-33H2,1-4H3,(H,66,87)(H,67,83)(H,68,84)(H,69,85)(H,70,86)/t34-,35-,36+,37+,45+,46+,47+,48+,50-,51-,53+,54+,55+,56+,57+/m1/s1. The summed E-state index contributed by atoms with van der Waals surface area (Å²) in [5.41, 5.74) is 5.16. The van der Waals surface area contributed by atoms with Gasteiger partial charge in [0.2, 0.25) is 42.0 Å². The van der Waals surface area contributed by atoms with Crippen molar-refractivity contribution in [3.63, 3.8) is 0 Å². The van der Waals surface area contributed by atoms with Crippen LogP contribution in [0.25, 0.3) is 16.0 Å². The fourth-order valence-corrected chi connectivity index (χ4v) is 13.0. The first-order valence-electron chi connectivity index (χ1n) is 31.3. The van der Waals surface area contributed by atoms with E-state index in [-0.39, 0.29) is 48.0 Å². The SMILES string of the molecule is [C-]#[N+]C[C@@H](O)[C@@H]1NC(=O)[C@H]([C@H](O)Cc2ccc(O)c(OSOOO)c2)NC(=O)[C@@H]2C[C@H](O)CN2C(=O)[C@H]([C@H](C)O)NC(=O)[C@@H](NC(=O)c2ccc(-c3ccc(N4CCN(c5ccc(N6C[C@@H](C)O[C@@H](C)C6)cc5)CC4)cc3)cc2)C[C@H](O)CNC(=O)[C@@H]2[C@@H](O)[C@H](C)CN2C1=O. The number of phenols is 1. The van der Waals surface area contributed by atoms with Gasteiger partial charge in [-0.15, -0.1) is 0 Å². The molecule has 95 heavy (non-hydrogen) atoms. The van der Waals surface area contributed by atoms with Gasteiger partial charge < -0.3 is 101 Å². The minimum atomic E-state index is -2.15. The van der Waals surface area contributed by atoms with E-state index in [1.54, 1.807) is 12.1 Å². The topological polar surface area (TPSA) is 399 Å². The summed E-state index contributed by atoms with van der Waals surface area (Å²) in [5.74, 6) is -9.52. The third-order valence-corrected chi connectivity index (χ3v) is 18.0. The molecule has 0 aromatic heterocycles. The highest BCUT2D eigenvalue weighted by Gasteiger charge is 2.50. The molecule has 7 amide bonds. The monoisotopic (exact) mass is 1340 g/mol. The molecule has 0 unspecified atom stereocenters. The Labute approximate surface area is 552 Å². The zero-order chi connectivity index (χ0) is 68.4. The number of carbonyl (C=O) groups excluding carboxylic acids is 7. The second kappa shape index (κ2) is 31.9. The van der Waals surface area contributed by atoms with E-state index in [0.717, 1.165) is 84.6 Å². The number of nitrogens with one attached hydrogen (secondary N) is 5. The van der Waals surface area contributed by atoms with Crippen LogP contribution in [0, 0.1) is 12.5 Å². The number of nitrogens with zero attached hydrogens (tertiary/aromatic N) is 6. The zero-order valence-corrected chi connectivity index (χ0v) is 53.5. The molecule has 13 N–H and O–H groups in total. The average molecular weight is 1340 g/mol. The molecule has 0 radical (unpaired) electrons. The van der Waals surface area contributed by atoms with Crippen molar-refractivity contribution in [2.24, 2.45) is 5.92 Å². The van der Waals surface area contributed by atoms with E-state index >= 15 is 0 Å². The van der Waals surface area contributed by atoms with Crippen molar-refractivity contribution in [3.8, 4) is 22.6 Å². The lowest BCUT2D eigenvalue weighted by molar-refractivity contribution is -0.433. The highest BCUT2D eigenvalue weighted by Crippen LogP contribution is 2.33. The van der Waals surface area contributed by atoms with Gasteiger partial charge in [0.05, 0.1) is 42.7 Å². The summed E-state index contributed by atoms with van der Waals surface area (Å²) in [6.45, 7) is 16.8. The normalized spacial score (nSPS) is 27.7. The highest BCUT2D eigenvalue weighted by atomic mass is 32.2. The molecular formula is C64H81N11O19S. The van der Waals surface area contributed by atoms with Crippen LogP contribution < -0.4 is 45.5 Å². The lowest BCUT2D eigenvalue weighted by atomic mass is 9.99. The first kappa shape index (κ1) is 70.9. The quantitative estimate of drug-likeness (QED) is 0.0215. The van der Waals surface area contributed by atoms with Gasteiger partial charge in [-0.3, -0.25) is 33.6 Å². The summed E-state index contributed by atoms with van der Waals surface area (Å²) >= 11 is 0.0725. The van der Waals surface area contributed by atoms with Gasteiger partial charge in [0.1, 0.15) is 36.3 Å². The third-order valence-electron chi connectivity index (χ3n) is 17.7. The molecule has 5 heterocycles. The maximum atomic E-state index is 14.7. The van der Waals surface area contributed by atoms with Crippen LogP contribution in [0.1, 0.15) is 56.5 Å². The molecule has 30 nitrogen and oxygen atoms in total. The molecule has 512 valence electrons. The molecule has 5 saturated heterocycles. The Bertz CT molecular complexity index is 3390. The molecule has 15 atom stereocenters. The number of aliphatic hydroxyl groups is 6. The summed E-state index contributed by atoms with van der Waals surface area (Å²) in [4.78, 5) is 113. The minimum Gasteiger partial charge on any atom is -0.504 e. The van der Waals surface area contributed by atoms with E-state index in [2.05, 4.69) is 93.6 Å². The van der Waals surface area contributed by atoms with Crippen LogP contribution in [0.2, 0.25) is 0 Å². The van der Waals surface area contributed by atoms with Crippen LogP contribution in [0.5, 0.6) is 11.5 Å². The molecule has 0 bridgehead atoms. The van der Waals surface area contributed by atoms with Crippen molar-refractivity contribution in [1.29, 1.82) is 0 Å². The minimum absolute atomic E-state index is 0.0651. The zero-order valence-electron chi connectivity index (χ0n) is 52.7. The number of fused-ring (bicyclic) bond motifs is 2. The number of β-amino-alcohol motifs (C(OH)–C–C–N with tert-alkyl or cyclic N) is 1. The highest BCUT2D eigenvalue weighted by molar-refractivity contribution is 7.90. The van der Waals surface area contributed by atoms with E-state index in [1.165, 1.54) is 36.9 Å². The molecule has 5 aliphatic rings. The van der Waals surface area contributed by atoms with Crippen LogP contribution in [-0.2, 0) is 49.3 Å². The second-order valence-corrected chi connectivity index (χ2v) is 25.2. The van der Waals surface area contributed by atoms with E-state index < -0.39 is 165 Å². The number of benzene rings is 4. The Morgan fingerprint density at radius 1 is 0.684 bits per heavy atom. The number of aromatic hydroxyl groups is 1. The van der Waals surface area contributed by atoms with E-state index in [9.17, 15) is 69.3 Å². The van der Waals surface area contributed by atoms with Gasteiger partial charge in [-0.1, -0.05) is 46.6 Å². The molecule has 5 aliphatic heterocycles. The van der Waals surface area contributed by atoms with Crippen molar-refractivity contribution in [1.82, 2.24) is 36.4 Å². The van der Waals surface area contributed by atoms with Crippen molar-refractivity contribution >= 4 is 70.7 Å². The third kappa shape index (κ3) is 17.4. The van der Waals surface area contributed by atoms with Gasteiger partial charge in [0, 0.05) is 107 Å². The molecular weight excluding hydrogens is 1260 g/mol. The number of aliphatic hydroxyl groups excluding tert-OH is 6. The first-order valence-corrected chi connectivity index (χ1v) is 31.9. The van der Waals surface area contributed by atoms with Gasteiger partial charge in [0.25, 0.3) is 18.2 Å². The fraction of sp³-hybridized carbons (Fsp3) is 0.500. The van der Waals surface area contributed by atoms with Gasteiger partial charge in [0.15, 0.2) is 17.6 Å². The Kier molecular flexibility index (Phi) is 23.8. The number of carbonyl (C=O) groups is 7. The van der Waals surface area contributed by atoms with Crippen LogP contribution >= 0.6 is 12.3 Å². The molecule has 9 rings (SSSR count). The lowest BCUT2D eigenvalue weighted by Gasteiger charge is -2.38. The Balaban J connectivity index is 0.933. The predicted molar refractivity (Wildman–Crippen MR) is 342 cm³/mol. The Hall–Kier alpha value is -8.39. The fourth-order valence-electron chi connectivity index (χ4n) is 12.7. The molecule has 31 heteroatoms. The van der Waals surface area contributed by atoms with Crippen molar-refractivity contribution in [3.05, 3.63) is 114 Å². The molecule has 0 spiro atoms. The average Bonchev–Trinajstić information content (AvgIpc) is 1.72. The summed E-state index contributed by atoms with van der Waals surface area (Å²) in [6, 6.07) is 15.4. The number of piperazine rings is 1. The largest absolute Gasteiger partial charge is 0.504 e. The maximum Gasteiger partial charge on any atom is 0.261 e. The Morgan fingerprint density at radius 3 is 1.85 bits per heavy atom.